The third-order valence-corrected chi connectivity index (χ3v) is 6.74. The highest BCUT2D eigenvalue weighted by Crippen LogP contribution is 2.31. The molecule has 2 aliphatic heterocycles. The lowest BCUT2D eigenvalue weighted by molar-refractivity contribution is -0.218. The van der Waals surface area contributed by atoms with E-state index in [0.29, 0.717) is 36.4 Å². The highest BCUT2D eigenvalue weighted by molar-refractivity contribution is 5.85. The molecule has 16 heteroatoms. The van der Waals surface area contributed by atoms with Crippen LogP contribution in [0.3, 0.4) is 0 Å². The van der Waals surface area contributed by atoms with Crippen LogP contribution in [0.15, 0.2) is 6.33 Å². The molecule has 2 aromatic rings. The van der Waals surface area contributed by atoms with Crippen molar-refractivity contribution in [2.24, 2.45) is 5.92 Å². The third-order valence-electron chi connectivity index (χ3n) is 6.74. The number of halogens is 6. The minimum Gasteiger partial charge on any atom is -0.475 e. The smallest absolute Gasteiger partial charge is 0.475 e. The van der Waals surface area contributed by atoms with Crippen molar-refractivity contribution in [3.05, 3.63) is 6.33 Å². The molecule has 0 amide bonds. The third kappa shape index (κ3) is 8.06. The predicted molar refractivity (Wildman–Crippen MR) is 131 cm³/mol. The van der Waals surface area contributed by atoms with Crippen LogP contribution in [0, 0.1) is 5.92 Å². The van der Waals surface area contributed by atoms with Gasteiger partial charge in [-0.1, -0.05) is 0 Å². The first-order chi connectivity index (χ1) is 18.2. The summed E-state index contributed by atoms with van der Waals surface area (Å²) in [4.78, 5) is 29.2. The van der Waals surface area contributed by atoms with E-state index in [4.69, 9.17) is 24.6 Å². The Bertz CT molecular complexity index is 1100. The number of carboxylic acid groups (broad SMARTS) is 1. The summed E-state index contributed by atoms with van der Waals surface area (Å²) < 4.78 is 78.4. The summed E-state index contributed by atoms with van der Waals surface area (Å²) in [6, 6.07) is 0. The minimum atomic E-state index is -5.08. The van der Waals surface area contributed by atoms with Crippen molar-refractivity contribution in [3.63, 3.8) is 0 Å². The molecule has 220 valence electrons. The summed E-state index contributed by atoms with van der Waals surface area (Å²) in [5, 5.41) is 7.12. The van der Waals surface area contributed by atoms with Crippen LogP contribution in [0.4, 0.5) is 38.1 Å². The number of aliphatic carboxylic acids is 1. The molecule has 0 saturated carbocycles. The van der Waals surface area contributed by atoms with Crippen molar-refractivity contribution in [3.8, 4) is 0 Å². The lowest BCUT2D eigenvalue weighted by atomic mass is 9.97. The number of nitrogens with zero attached hydrogens (tertiary/aromatic N) is 7. The lowest BCUT2D eigenvalue weighted by Crippen LogP contribution is -2.36. The molecular weight excluding hydrogens is 536 g/mol. The van der Waals surface area contributed by atoms with E-state index in [0.717, 1.165) is 38.0 Å². The summed E-state index contributed by atoms with van der Waals surface area (Å²) in [6.45, 7) is 6.22. The number of fused-ring (bicyclic) bond motifs is 1. The van der Waals surface area contributed by atoms with Gasteiger partial charge in [0.1, 0.15) is 5.52 Å². The predicted octanol–water partition coefficient (Wildman–Crippen LogP) is 3.42. The number of piperidine rings is 1. The van der Waals surface area contributed by atoms with E-state index in [1.165, 1.54) is 0 Å². The van der Waals surface area contributed by atoms with Crippen LogP contribution in [0.1, 0.15) is 26.2 Å². The molecule has 39 heavy (non-hydrogen) atoms. The topological polar surface area (TPSA) is 99.9 Å². The molecule has 0 aromatic carbocycles. The number of rotatable bonds is 5. The zero-order valence-electron chi connectivity index (χ0n) is 22.0. The van der Waals surface area contributed by atoms with Gasteiger partial charge in [0.2, 0.25) is 5.95 Å². The highest BCUT2D eigenvalue weighted by atomic mass is 19.4. The van der Waals surface area contributed by atoms with Crippen LogP contribution in [-0.2, 0) is 16.1 Å². The van der Waals surface area contributed by atoms with E-state index in [-0.39, 0.29) is 19.6 Å². The molecule has 2 saturated heterocycles. The van der Waals surface area contributed by atoms with E-state index in [1.54, 1.807) is 6.33 Å². The Morgan fingerprint density at radius 1 is 1.10 bits per heavy atom. The SMILES string of the molecule is CCn1cnc2nc(N(C)CC3CCN(C)CC3)nc(N3CCOC(C(F)(F)F)CC3)c21.O=C(O)C(F)(F)F. The molecule has 2 aliphatic rings. The molecule has 2 fully saturated rings. The Kier molecular flexibility index (Phi) is 9.85. The van der Waals surface area contributed by atoms with Gasteiger partial charge in [-0.25, -0.2) is 9.78 Å². The van der Waals surface area contributed by atoms with Gasteiger partial charge < -0.3 is 29.1 Å². The van der Waals surface area contributed by atoms with Gasteiger partial charge in [-0.05, 0) is 45.8 Å². The average Bonchev–Trinajstić information content (AvgIpc) is 3.10. The average molecular weight is 570 g/mol. The quantitative estimate of drug-likeness (QED) is 0.543. The zero-order valence-corrected chi connectivity index (χ0v) is 22.0. The molecule has 4 heterocycles. The van der Waals surface area contributed by atoms with Crippen LogP contribution >= 0.6 is 0 Å². The first-order valence-corrected chi connectivity index (χ1v) is 12.6. The number of hydrogen-bond donors (Lipinski definition) is 1. The first kappa shape index (κ1) is 30.7. The lowest BCUT2D eigenvalue weighted by Gasteiger charge is -2.32. The van der Waals surface area contributed by atoms with Crippen molar-refractivity contribution in [2.75, 3.05) is 63.2 Å². The summed E-state index contributed by atoms with van der Waals surface area (Å²) in [6.07, 6.45) is -7.34. The van der Waals surface area contributed by atoms with E-state index >= 15 is 0 Å². The van der Waals surface area contributed by atoms with Crippen LogP contribution < -0.4 is 9.80 Å². The maximum atomic E-state index is 13.2. The van der Waals surface area contributed by atoms with Crippen LogP contribution in [-0.4, -0.2) is 107 Å². The molecule has 0 aliphatic carbocycles. The fourth-order valence-electron chi connectivity index (χ4n) is 4.54. The van der Waals surface area contributed by atoms with Crippen molar-refractivity contribution in [1.82, 2.24) is 24.4 Å². The molecule has 10 nitrogen and oxygen atoms in total. The molecule has 2 aromatic heterocycles. The second kappa shape index (κ2) is 12.5. The van der Waals surface area contributed by atoms with Crippen molar-refractivity contribution >= 4 is 28.9 Å². The summed E-state index contributed by atoms with van der Waals surface area (Å²) >= 11 is 0. The Hall–Kier alpha value is -2.88. The maximum Gasteiger partial charge on any atom is 0.490 e. The van der Waals surface area contributed by atoms with Crippen molar-refractivity contribution in [2.45, 2.75) is 51.2 Å². The van der Waals surface area contributed by atoms with Crippen molar-refractivity contribution in [1.29, 1.82) is 0 Å². The largest absolute Gasteiger partial charge is 0.490 e. The monoisotopic (exact) mass is 569 g/mol. The standard InChI is InChI=1S/C21H32F3N7O.C2HF3O2/c1-4-30-14-25-18-17(30)19(31-10-7-16(21(22,23)24)32-12-11-31)27-20(26-18)29(3)13-15-5-8-28(2)9-6-15;3-2(4,5)1(6)7/h14-16H,4-13H2,1-3H3;(H,6,7). The molecule has 4 rings (SSSR count). The van der Waals surface area contributed by atoms with Gasteiger partial charge in [0.15, 0.2) is 17.6 Å². The van der Waals surface area contributed by atoms with E-state index < -0.39 is 24.4 Å². The number of likely N-dealkylation sites (tertiary alicyclic amines) is 1. The molecule has 1 N–H and O–H groups in total. The summed E-state index contributed by atoms with van der Waals surface area (Å²) in [5.41, 5.74) is 1.33. The summed E-state index contributed by atoms with van der Waals surface area (Å²) in [7, 11) is 4.12. The van der Waals surface area contributed by atoms with Gasteiger partial charge in [0.05, 0.1) is 12.9 Å². The molecule has 0 bridgehead atoms. The Morgan fingerprint density at radius 2 is 1.74 bits per heavy atom. The Labute approximate surface area is 221 Å². The molecule has 1 unspecified atom stereocenters. The highest BCUT2D eigenvalue weighted by Gasteiger charge is 2.42. The fourth-order valence-corrected chi connectivity index (χ4v) is 4.54. The van der Waals surface area contributed by atoms with Gasteiger partial charge in [-0.15, -0.1) is 0 Å². The maximum absolute atomic E-state index is 13.2. The van der Waals surface area contributed by atoms with Gasteiger partial charge in [-0.3, -0.25) is 0 Å². The number of carbonyl (C=O) groups is 1. The molecular formula is C23H33F6N7O3. The summed E-state index contributed by atoms with van der Waals surface area (Å²) in [5.74, 6) is -1.00. The van der Waals surface area contributed by atoms with E-state index in [9.17, 15) is 26.3 Å². The van der Waals surface area contributed by atoms with E-state index in [1.807, 2.05) is 23.4 Å². The zero-order chi connectivity index (χ0) is 29.0. The number of anilines is 2. The number of carboxylic acids is 1. The Balaban J connectivity index is 0.000000532. The van der Waals surface area contributed by atoms with Crippen molar-refractivity contribution < 1.29 is 41.0 Å². The molecule has 0 radical (unpaired) electrons. The number of alkyl halides is 6. The van der Waals surface area contributed by atoms with Crippen LogP contribution in [0.25, 0.3) is 11.2 Å². The second-order valence-electron chi connectivity index (χ2n) is 9.66. The van der Waals surface area contributed by atoms with Crippen LogP contribution in [0.2, 0.25) is 0 Å². The number of hydrogen-bond acceptors (Lipinski definition) is 8. The number of imidazole rings is 1. The van der Waals surface area contributed by atoms with Gasteiger partial charge in [0.25, 0.3) is 0 Å². The normalized spacial score (nSPS) is 19.9. The minimum absolute atomic E-state index is 0.00327. The fraction of sp³-hybridized carbons (Fsp3) is 0.739. The Morgan fingerprint density at radius 3 is 2.31 bits per heavy atom. The number of aromatic nitrogens is 4. The molecule has 1 atom stereocenters. The van der Waals surface area contributed by atoms with Gasteiger partial charge >= 0.3 is 18.3 Å². The van der Waals surface area contributed by atoms with E-state index in [2.05, 4.69) is 21.8 Å². The molecule has 0 spiro atoms. The first-order valence-electron chi connectivity index (χ1n) is 12.6. The van der Waals surface area contributed by atoms with Crippen LogP contribution in [0.5, 0.6) is 0 Å². The van der Waals surface area contributed by atoms with Gasteiger partial charge in [-0.2, -0.15) is 36.3 Å². The van der Waals surface area contributed by atoms with Gasteiger partial charge in [0, 0.05) is 39.6 Å². The number of ether oxygens (including phenoxy) is 1. The number of aryl methyl sites for hydroxylation is 1. The second-order valence-corrected chi connectivity index (χ2v) is 9.66.